The van der Waals surface area contributed by atoms with E-state index >= 15 is 0 Å². The van der Waals surface area contributed by atoms with Gasteiger partial charge in [0.15, 0.2) is 0 Å². The Labute approximate surface area is 110 Å². The number of carbonyl (C=O) groups is 2. The second kappa shape index (κ2) is 5.38. The van der Waals surface area contributed by atoms with Gasteiger partial charge < -0.3 is 10.4 Å². The highest BCUT2D eigenvalue weighted by Gasteiger charge is 2.41. The summed E-state index contributed by atoms with van der Waals surface area (Å²) >= 11 is 0. The van der Waals surface area contributed by atoms with E-state index in [-0.39, 0.29) is 11.7 Å². The highest BCUT2D eigenvalue weighted by molar-refractivity contribution is 5.96. The lowest BCUT2D eigenvalue weighted by Gasteiger charge is -2.31. The van der Waals surface area contributed by atoms with Crippen LogP contribution in [0.3, 0.4) is 0 Å². The Hall–Kier alpha value is -1.91. The molecule has 2 unspecified atom stereocenters. The Balaban J connectivity index is 2.03. The van der Waals surface area contributed by atoms with E-state index in [0.29, 0.717) is 30.5 Å². The van der Waals surface area contributed by atoms with E-state index in [2.05, 4.69) is 5.32 Å². The number of carbonyl (C=O) groups excluding carboxylic acids is 1. The van der Waals surface area contributed by atoms with E-state index in [9.17, 15) is 14.0 Å². The second-order valence-corrected chi connectivity index (χ2v) is 4.78. The van der Waals surface area contributed by atoms with E-state index in [1.54, 1.807) is 12.1 Å². The molecule has 5 heteroatoms. The van der Waals surface area contributed by atoms with Crippen molar-refractivity contribution in [2.45, 2.75) is 26.2 Å². The van der Waals surface area contributed by atoms with Crippen LogP contribution in [0.5, 0.6) is 0 Å². The minimum atomic E-state index is -0.945. The molecule has 1 aliphatic rings. The Bertz CT molecular complexity index is 515. The quantitative estimate of drug-likeness (QED) is 0.878. The first-order chi connectivity index (χ1) is 9.02. The van der Waals surface area contributed by atoms with E-state index < -0.39 is 17.8 Å². The largest absolute Gasteiger partial charge is 0.481 e. The number of hydrogen-bond donors (Lipinski definition) is 2. The molecule has 1 amide bonds. The smallest absolute Gasteiger partial charge is 0.307 e. The number of hydrogen-bond acceptors (Lipinski definition) is 2. The zero-order chi connectivity index (χ0) is 14.0. The second-order valence-electron chi connectivity index (χ2n) is 4.78. The molecular formula is C14H16FNO3. The first-order valence-electron chi connectivity index (χ1n) is 6.35. The summed E-state index contributed by atoms with van der Waals surface area (Å²) < 4.78 is 13.6. The average Bonchev–Trinajstić information content (AvgIpc) is 2.26. The molecule has 1 fully saturated rings. The Kier molecular flexibility index (Phi) is 3.83. The molecule has 1 aliphatic carbocycles. The zero-order valence-corrected chi connectivity index (χ0v) is 10.6. The molecule has 2 atom stereocenters. The molecule has 1 aromatic carbocycles. The van der Waals surface area contributed by atoms with E-state index in [1.165, 1.54) is 6.07 Å². The maximum absolute atomic E-state index is 13.6. The van der Waals surface area contributed by atoms with Crippen LogP contribution in [0.4, 0.5) is 10.1 Å². The summed E-state index contributed by atoms with van der Waals surface area (Å²) in [6.45, 7) is 1.85. The van der Waals surface area contributed by atoms with Crippen LogP contribution in [0.2, 0.25) is 0 Å². The van der Waals surface area contributed by atoms with Gasteiger partial charge in [-0.25, -0.2) is 4.39 Å². The third kappa shape index (κ3) is 2.75. The van der Waals surface area contributed by atoms with E-state index in [0.717, 1.165) is 0 Å². The molecule has 2 N–H and O–H groups in total. The van der Waals surface area contributed by atoms with Crippen molar-refractivity contribution in [3.63, 3.8) is 0 Å². The Morgan fingerprint density at radius 3 is 2.53 bits per heavy atom. The molecule has 0 aromatic heterocycles. The fraction of sp³-hybridized carbons (Fsp3) is 0.429. The van der Waals surface area contributed by atoms with Gasteiger partial charge in [0.05, 0.1) is 11.8 Å². The normalized spacial score (nSPS) is 21.6. The summed E-state index contributed by atoms with van der Waals surface area (Å²) in [5, 5.41) is 11.5. The van der Waals surface area contributed by atoms with Crippen molar-refractivity contribution in [3.8, 4) is 0 Å². The third-order valence-electron chi connectivity index (χ3n) is 3.63. The number of aryl methyl sites for hydroxylation is 1. The van der Waals surface area contributed by atoms with Crippen molar-refractivity contribution >= 4 is 17.6 Å². The van der Waals surface area contributed by atoms with Gasteiger partial charge in [0, 0.05) is 5.69 Å². The number of nitrogens with one attached hydrogen (secondary N) is 1. The summed E-state index contributed by atoms with van der Waals surface area (Å²) in [7, 11) is 0. The summed E-state index contributed by atoms with van der Waals surface area (Å²) in [5.41, 5.74) is 0.959. The van der Waals surface area contributed by atoms with Gasteiger partial charge in [-0.15, -0.1) is 0 Å². The maximum atomic E-state index is 13.6. The molecule has 4 nitrogen and oxygen atoms in total. The van der Waals surface area contributed by atoms with Gasteiger partial charge in [0.25, 0.3) is 0 Å². The maximum Gasteiger partial charge on any atom is 0.307 e. The van der Waals surface area contributed by atoms with Gasteiger partial charge in [0.1, 0.15) is 5.82 Å². The molecule has 0 saturated heterocycles. The van der Waals surface area contributed by atoms with Crippen LogP contribution in [-0.4, -0.2) is 17.0 Å². The molecule has 102 valence electrons. The summed E-state index contributed by atoms with van der Waals surface area (Å²) in [5.74, 6) is -2.77. The molecule has 0 radical (unpaired) electrons. The minimum absolute atomic E-state index is 0.345. The van der Waals surface area contributed by atoms with Crippen molar-refractivity contribution in [3.05, 3.63) is 29.6 Å². The van der Waals surface area contributed by atoms with Gasteiger partial charge in [-0.05, 0) is 37.0 Å². The van der Waals surface area contributed by atoms with E-state index in [1.807, 2.05) is 6.92 Å². The van der Waals surface area contributed by atoms with Crippen molar-refractivity contribution in [1.29, 1.82) is 0 Å². The third-order valence-corrected chi connectivity index (χ3v) is 3.63. The van der Waals surface area contributed by atoms with E-state index in [4.69, 9.17) is 5.11 Å². The molecule has 1 aromatic rings. The first kappa shape index (κ1) is 13.5. The fourth-order valence-corrected chi connectivity index (χ4v) is 2.26. The van der Waals surface area contributed by atoms with Gasteiger partial charge >= 0.3 is 5.97 Å². The molecule has 1 saturated carbocycles. The topological polar surface area (TPSA) is 66.4 Å². The van der Waals surface area contributed by atoms with Crippen LogP contribution in [0.1, 0.15) is 25.3 Å². The summed E-state index contributed by atoms with van der Waals surface area (Å²) in [4.78, 5) is 22.7. The van der Waals surface area contributed by atoms with Crippen LogP contribution >= 0.6 is 0 Å². The Morgan fingerprint density at radius 1 is 1.37 bits per heavy atom. The highest BCUT2D eigenvalue weighted by Crippen LogP contribution is 2.35. The van der Waals surface area contributed by atoms with Gasteiger partial charge in [-0.1, -0.05) is 13.0 Å². The molecular weight excluding hydrogens is 249 g/mol. The van der Waals surface area contributed by atoms with Crippen LogP contribution < -0.4 is 5.32 Å². The number of rotatable bonds is 4. The lowest BCUT2D eigenvalue weighted by atomic mass is 9.73. The summed E-state index contributed by atoms with van der Waals surface area (Å²) in [6.07, 6.45) is 1.68. The van der Waals surface area contributed by atoms with Crippen LogP contribution in [0.25, 0.3) is 0 Å². The van der Waals surface area contributed by atoms with Gasteiger partial charge in [-0.3, -0.25) is 9.59 Å². The summed E-state index contributed by atoms with van der Waals surface area (Å²) in [6, 6.07) is 4.53. The predicted molar refractivity (Wildman–Crippen MR) is 68.3 cm³/mol. The number of carboxylic acids is 1. The zero-order valence-electron chi connectivity index (χ0n) is 10.6. The standard InChI is InChI=1S/C14H16FNO3/c1-2-8-3-4-9(7-12(8)15)16-13(17)10-5-6-11(10)14(18)19/h3-4,7,10-11H,2,5-6H2,1H3,(H,16,17)(H,18,19). The lowest BCUT2D eigenvalue weighted by Crippen LogP contribution is -2.41. The van der Waals surface area contributed by atoms with Crippen molar-refractivity contribution < 1.29 is 19.1 Å². The lowest BCUT2D eigenvalue weighted by molar-refractivity contribution is -0.151. The number of halogens is 1. The molecule has 0 aliphatic heterocycles. The molecule has 19 heavy (non-hydrogen) atoms. The first-order valence-corrected chi connectivity index (χ1v) is 6.35. The van der Waals surface area contributed by atoms with Gasteiger partial charge in [-0.2, -0.15) is 0 Å². The average molecular weight is 265 g/mol. The molecule has 0 spiro atoms. The fourth-order valence-electron chi connectivity index (χ4n) is 2.26. The molecule has 0 bridgehead atoms. The van der Waals surface area contributed by atoms with Crippen LogP contribution in [0, 0.1) is 17.7 Å². The van der Waals surface area contributed by atoms with Gasteiger partial charge in [0.2, 0.25) is 5.91 Å². The van der Waals surface area contributed by atoms with Crippen LogP contribution in [-0.2, 0) is 16.0 Å². The highest BCUT2D eigenvalue weighted by atomic mass is 19.1. The van der Waals surface area contributed by atoms with Crippen molar-refractivity contribution in [2.24, 2.45) is 11.8 Å². The van der Waals surface area contributed by atoms with Crippen LogP contribution in [0.15, 0.2) is 18.2 Å². The van der Waals surface area contributed by atoms with Crippen molar-refractivity contribution in [2.75, 3.05) is 5.32 Å². The predicted octanol–water partition coefficient (Wildman–Crippen LogP) is 2.44. The number of carboxylic acid groups (broad SMARTS) is 1. The molecule has 0 heterocycles. The Morgan fingerprint density at radius 2 is 2.05 bits per heavy atom. The SMILES string of the molecule is CCc1ccc(NC(=O)C2CCC2C(=O)O)cc1F. The monoisotopic (exact) mass is 265 g/mol. The number of anilines is 1. The number of amides is 1. The van der Waals surface area contributed by atoms with Crippen molar-refractivity contribution in [1.82, 2.24) is 0 Å². The number of aliphatic carboxylic acids is 1. The molecule has 2 rings (SSSR count). The minimum Gasteiger partial charge on any atom is -0.481 e. The number of benzene rings is 1.